The molecule has 1 amide bonds. The van der Waals surface area contributed by atoms with E-state index in [2.05, 4.69) is 0 Å². The fraction of sp³-hybridized carbons (Fsp3) is 0.136. The first-order chi connectivity index (χ1) is 13.9. The third-order valence-corrected chi connectivity index (χ3v) is 5.96. The van der Waals surface area contributed by atoms with E-state index in [4.69, 9.17) is 9.47 Å². The van der Waals surface area contributed by atoms with Crippen LogP contribution < -0.4 is 13.8 Å². The van der Waals surface area contributed by atoms with Gasteiger partial charge in [0.25, 0.3) is 15.9 Å². The van der Waals surface area contributed by atoms with Crippen molar-refractivity contribution in [2.45, 2.75) is 11.8 Å². The Morgan fingerprint density at radius 1 is 0.862 bits per heavy atom. The topological polar surface area (TPSA) is 72.9 Å². The van der Waals surface area contributed by atoms with Crippen LogP contribution in [0.15, 0.2) is 83.8 Å². The first kappa shape index (κ1) is 20.4. The van der Waals surface area contributed by atoms with Crippen molar-refractivity contribution < 1.29 is 22.7 Å². The number of aryl methyl sites for hydroxylation is 1. The normalized spacial score (nSPS) is 11.0. The second-order valence-corrected chi connectivity index (χ2v) is 8.06. The number of benzene rings is 3. The number of carbonyl (C=O) groups is 1. The first-order valence-corrected chi connectivity index (χ1v) is 10.3. The number of hydrogen-bond acceptors (Lipinski definition) is 5. The smallest absolute Gasteiger partial charge is 0.278 e. The number of ether oxygens (including phenoxy) is 2. The number of sulfonamides is 1. The van der Waals surface area contributed by atoms with Gasteiger partial charge in [0.15, 0.2) is 6.61 Å². The Bertz CT molecular complexity index is 1060. The second kappa shape index (κ2) is 8.79. The summed E-state index contributed by atoms with van der Waals surface area (Å²) in [5.41, 5.74) is 1.12. The molecule has 150 valence electrons. The monoisotopic (exact) mass is 411 g/mol. The highest BCUT2D eigenvalue weighted by Gasteiger charge is 2.31. The number of nitrogens with zero attached hydrogens (tertiary/aromatic N) is 1. The van der Waals surface area contributed by atoms with Gasteiger partial charge >= 0.3 is 0 Å². The third-order valence-electron chi connectivity index (χ3n) is 4.20. The lowest BCUT2D eigenvalue weighted by Gasteiger charge is -2.23. The first-order valence-electron chi connectivity index (χ1n) is 8.88. The predicted molar refractivity (Wildman–Crippen MR) is 111 cm³/mol. The maximum atomic E-state index is 13.3. The Hall–Kier alpha value is -3.32. The molecule has 3 aromatic rings. The number of para-hydroxylation sites is 1. The largest absolute Gasteiger partial charge is 0.497 e. The van der Waals surface area contributed by atoms with Crippen molar-refractivity contribution >= 4 is 21.6 Å². The fourth-order valence-electron chi connectivity index (χ4n) is 2.67. The van der Waals surface area contributed by atoms with Crippen LogP contribution in [0.4, 0.5) is 5.69 Å². The highest BCUT2D eigenvalue weighted by Crippen LogP contribution is 2.26. The zero-order chi connectivity index (χ0) is 20.9. The van der Waals surface area contributed by atoms with Crippen LogP contribution in [0.1, 0.15) is 5.56 Å². The summed E-state index contributed by atoms with van der Waals surface area (Å²) >= 11 is 0. The van der Waals surface area contributed by atoms with E-state index in [0.717, 1.165) is 9.87 Å². The van der Waals surface area contributed by atoms with Crippen LogP contribution in [-0.2, 0) is 14.8 Å². The Labute approximate surface area is 170 Å². The summed E-state index contributed by atoms with van der Waals surface area (Å²) in [6.07, 6.45) is 0. The van der Waals surface area contributed by atoms with E-state index in [0.29, 0.717) is 11.5 Å². The van der Waals surface area contributed by atoms with E-state index in [1.54, 1.807) is 48.5 Å². The van der Waals surface area contributed by atoms with E-state index < -0.39 is 22.5 Å². The molecule has 0 spiro atoms. The Kier molecular flexibility index (Phi) is 6.19. The Morgan fingerprint density at radius 2 is 1.48 bits per heavy atom. The molecule has 0 N–H and O–H groups in total. The lowest BCUT2D eigenvalue weighted by Crippen LogP contribution is -2.40. The van der Waals surface area contributed by atoms with Crippen LogP contribution in [-0.4, -0.2) is 28.0 Å². The molecule has 0 radical (unpaired) electrons. The summed E-state index contributed by atoms with van der Waals surface area (Å²) in [5, 5.41) is 0. The van der Waals surface area contributed by atoms with E-state index in [-0.39, 0.29) is 10.6 Å². The van der Waals surface area contributed by atoms with Crippen LogP contribution in [0, 0.1) is 6.92 Å². The molecule has 0 aromatic heterocycles. The van der Waals surface area contributed by atoms with Crippen molar-refractivity contribution in [3.05, 3.63) is 84.4 Å². The van der Waals surface area contributed by atoms with Gasteiger partial charge in [0, 0.05) is 0 Å². The van der Waals surface area contributed by atoms with Gasteiger partial charge in [0.05, 0.1) is 17.7 Å². The van der Waals surface area contributed by atoms with Crippen molar-refractivity contribution in [1.29, 1.82) is 0 Å². The van der Waals surface area contributed by atoms with Crippen LogP contribution >= 0.6 is 0 Å². The number of carbonyl (C=O) groups excluding carboxylic acids is 1. The molecule has 0 aliphatic carbocycles. The molecule has 0 aliphatic heterocycles. The van der Waals surface area contributed by atoms with Crippen molar-refractivity contribution in [2.75, 3.05) is 18.0 Å². The van der Waals surface area contributed by atoms with Gasteiger partial charge in [-0.1, -0.05) is 35.9 Å². The van der Waals surface area contributed by atoms with Crippen molar-refractivity contribution in [1.82, 2.24) is 0 Å². The van der Waals surface area contributed by atoms with E-state index in [9.17, 15) is 13.2 Å². The maximum Gasteiger partial charge on any atom is 0.278 e. The van der Waals surface area contributed by atoms with Crippen molar-refractivity contribution in [2.24, 2.45) is 0 Å². The molecule has 0 fully saturated rings. The van der Waals surface area contributed by atoms with Gasteiger partial charge in [-0.25, -0.2) is 8.42 Å². The van der Waals surface area contributed by atoms with Crippen LogP contribution in [0.25, 0.3) is 0 Å². The lowest BCUT2D eigenvalue weighted by molar-refractivity contribution is -0.119. The highest BCUT2D eigenvalue weighted by molar-refractivity contribution is 7.93. The molecule has 0 aliphatic rings. The van der Waals surface area contributed by atoms with Crippen molar-refractivity contribution in [3.8, 4) is 11.5 Å². The minimum atomic E-state index is -4.13. The van der Waals surface area contributed by atoms with Crippen molar-refractivity contribution in [3.63, 3.8) is 0 Å². The molecule has 7 heteroatoms. The molecule has 0 unspecified atom stereocenters. The molecule has 0 heterocycles. The Morgan fingerprint density at radius 3 is 2.07 bits per heavy atom. The second-order valence-electron chi connectivity index (χ2n) is 6.28. The molecule has 0 saturated carbocycles. The van der Waals surface area contributed by atoms with Gasteiger partial charge in [-0.2, -0.15) is 4.31 Å². The van der Waals surface area contributed by atoms with Gasteiger partial charge in [-0.15, -0.1) is 0 Å². The standard InChI is InChI=1S/C22H21NO5S/c1-17-8-14-21(15-9-17)29(25,26)23(18-10-12-19(27-2)13-11-18)22(24)16-28-20-6-4-3-5-7-20/h3-15H,16H2,1-2H3. The summed E-state index contributed by atoms with van der Waals surface area (Å²) in [6, 6.07) is 21.3. The fourth-order valence-corrected chi connectivity index (χ4v) is 4.08. The van der Waals surface area contributed by atoms with Crippen LogP contribution in [0.3, 0.4) is 0 Å². The summed E-state index contributed by atoms with van der Waals surface area (Å²) in [5.74, 6) is 0.317. The molecule has 0 bridgehead atoms. The minimum absolute atomic E-state index is 0.0204. The Balaban J connectivity index is 1.96. The molecule has 0 saturated heterocycles. The number of methoxy groups -OCH3 is 1. The number of amides is 1. The molecular formula is C22H21NO5S. The number of rotatable bonds is 7. The lowest BCUT2D eigenvalue weighted by atomic mass is 10.2. The molecule has 3 aromatic carbocycles. The maximum absolute atomic E-state index is 13.3. The molecule has 29 heavy (non-hydrogen) atoms. The molecule has 3 rings (SSSR count). The summed E-state index contributed by atoms with van der Waals surface area (Å²) in [4.78, 5) is 13.0. The third kappa shape index (κ3) is 4.75. The van der Waals surface area contributed by atoms with Gasteiger partial charge in [-0.05, 0) is 55.5 Å². The predicted octanol–water partition coefficient (Wildman–Crippen LogP) is 3.80. The molecular weight excluding hydrogens is 390 g/mol. The number of hydrogen-bond donors (Lipinski definition) is 0. The van der Waals surface area contributed by atoms with E-state index in [1.165, 1.54) is 31.4 Å². The minimum Gasteiger partial charge on any atom is -0.497 e. The summed E-state index contributed by atoms with van der Waals surface area (Å²) in [7, 11) is -2.62. The SMILES string of the molecule is COc1ccc(N(C(=O)COc2ccccc2)S(=O)(=O)c2ccc(C)cc2)cc1. The zero-order valence-electron chi connectivity index (χ0n) is 16.1. The van der Waals surface area contributed by atoms with Crippen LogP contribution in [0.5, 0.6) is 11.5 Å². The average molecular weight is 411 g/mol. The molecule has 6 nitrogen and oxygen atoms in total. The quantitative estimate of drug-likeness (QED) is 0.591. The van der Waals surface area contributed by atoms with Crippen LogP contribution in [0.2, 0.25) is 0 Å². The molecule has 0 atom stereocenters. The highest BCUT2D eigenvalue weighted by atomic mass is 32.2. The number of anilines is 1. The zero-order valence-corrected chi connectivity index (χ0v) is 16.9. The summed E-state index contributed by atoms with van der Waals surface area (Å²) in [6.45, 7) is 1.43. The van der Waals surface area contributed by atoms with Gasteiger partial charge in [0.1, 0.15) is 11.5 Å². The van der Waals surface area contributed by atoms with Gasteiger partial charge in [0.2, 0.25) is 0 Å². The average Bonchev–Trinajstić information content (AvgIpc) is 2.74. The van der Waals surface area contributed by atoms with Gasteiger partial charge < -0.3 is 9.47 Å². The summed E-state index contributed by atoms with van der Waals surface area (Å²) < 4.78 is 37.9. The van der Waals surface area contributed by atoms with E-state index >= 15 is 0 Å². The van der Waals surface area contributed by atoms with E-state index in [1.807, 2.05) is 13.0 Å². The van der Waals surface area contributed by atoms with Gasteiger partial charge in [-0.3, -0.25) is 4.79 Å².